The van der Waals surface area contributed by atoms with Gasteiger partial charge in [-0.3, -0.25) is 0 Å². The van der Waals surface area contributed by atoms with E-state index in [0.29, 0.717) is 0 Å². The lowest BCUT2D eigenvalue weighted by atomic mass is 9.98. The van der Waals surface area contributed by atoms with Crippen LogP contribution >= 0.6 is 0 Å². The molecule has 0 aromatic rings. The van der Waals surface area contributed by atoms with Crippen LogP contribution in [0.2, 0.25) is 6.55 Å². The Morgan fingerprint density at radius 3 is 1.00 bits per heavy atom. The summed E-state index contributed by atoms with van der Waals surface area (Å²) in [6, 6.07) is 0. The zero-order chi connectivity index (χ0) is 17.7. The Morgan fingerprint density at radius 1 is 0.476 bits per heavy atom. The van der Waals surface area contributed by atoms with Crippen molar-refractivity contribution in [2.75, 3.05) is 0 Å². The Balaban J connectivity index is 6.24. The summed E-state index contributed by atoms with van der Waals surface area (Å²) in [6.07, 6.45) is -14.1. The molecule has 0 amide bonds. The van der Waals surface area contributed by atoms with Crippen LogP contribution < -0.4 is 0 Å². The van der Waals surface area contributed by atoms with E-state index in [9.17, 15) is 57.1 Å². The summed E-state index contributed by atoms with van der Waals surface area (Å²) in [5, 5.41) is -6.25. The van der Waals surface area contributed by atoms with E-state index in [1.54, 1.807) is 0 Å². The Labute approximate surface area is 110 Å². The van der Waals surface area contributed by atoms with Crippen LogP contribution in [0, 0.1) is 0 Å². The van der Waals surface area contributed by atoms with Crippen LogP contribution in [0.25, 0.3) is 0 Å². The summed E-state index contributed by atoms with van der Waals surface area (Å²) >= 11 is 0. The molecule has 0 saturated carbocycles. The maximum atomic E-state index is 13.2. The predicted octanol–water partition coefficient (Wildman–Crippen LogP) is 4.44. The Morgan fingerprint density at radius 2 is 0.810 bits per heavy atom. The third kappa shape index (κ3) is 2.58. The lowest BCUT2D eigenvalue weighted by Crippen LogP contribution is -2.72. The van der Waals surface area contributed by atoms with E-state index in [2.05, 4.69) is 0 Å². The summed E-state index contributed by atoms with van der Waals surface area (Å²) in [5.41, 5.74) is 0. The number of rotatable bonds is 4. The number of halogens is 13. The molecule has 0 aliphatic heterocycles. The Hall–Kier alpha value is -0.693. The molecule has 2 radical (unpaired) electrons. The third-order valence-corrected chi connectivity index (χ3v) is 3.60. The maximum Gasteiger partial charge on any atom is 0.460 e. The van der Waals surface area contributed by atoms with Gasteiger partial charge in [0.15, 0.2) is 0 Å². The van der Waals surface area contributed by atoms with Crippen LogP contribution in [0.15, 0.2) is 0 Å². The van der Waals surface area contributed by atoms with Gasteiger partial charge in [-0.1, -0.05) is 6.55 Å². The zero-order valence-corrected chi connectivity index (χ0v) is 10.4. The first-order chi connectivity index (χ1) is 8.81. The van der Waals surface area contributed by atoms with Crippen molar-refractivity contribution in [2.24, 2.45) is 0 Å². The molecule has 1 atom stereocenters. The monoisotopic (exact) mass is 362 g/mol. The molecule has 0 heterocycles. The van der Waals surface area contributed by atoms with E-state index < -0.39 is 44.9 Å². The lowest BCUT2D eigenvalue weighted by molar-refractivity contribution is -0.420. The second kappa shape index (κ2) is 4.91. The molecule has 126 valence electrons. The molecule has 0 bridgehead atoms. The van der Waals surface area contributed by atoms with Crippen LogP contribution in [0.3, 0.4) is 0 Å². The van der Waals surface area contributed by atoms with Crippen molar-refractivity contribution < 1.29 is 57.1 Å². The molecule has 21 heavy (non-hydrogen) atoms. The molecule has 0 aromatic heterocycles. The van der Waals surface area contributed by atoms with Crippen LogP contribution in [-0.4, -0.2) is 44.9 Å². The van der Waals surface area contributed by atoms with E-state index in [1.807, 2.05) is 0 Å². The summed E-state index contributed by atoms with van der Waals surface area (Å²) in [7, 11) is -2.78. The fourth-order valence-corrected chi connectivity index (χ4v) is 1.82. The van der Waals surface area contributed by atoms with Gasteiger partial charge >= 0.3 is 30.1 Å². The van der Waals surface area contributed by atoms with Crippen molar-refractivity contribution in [2.45, 2.75) is 42.0 Å². The highest BCUT2D eigenvalue weighted by Crippen LogP contribution is 2.59. The minimum Gasteiger partial charge on any atom is -0.232 e. The molecule has 0 N–H and O–H groups in total. The van der Waals surface area contributed by atoms with Crippen molar-refractivity contribution >= 4 is 9.52 Å². The highest BCUT2D eigenvalue weighted by molar-refractivity contribution is 6.38. The van der Waals surface area contributed by atoms with Crippen LogP contribution in [0.1, 0.15) is 0 Å². The standard InChI is InChI=1S/C7H3F13Si/c1-21-5(14,7(18,19)20)3(10,11)2(8,9)4(12,13)6(15,16)17/h1H3. The minimum absolute atomic E-state index is 0.0385. The molecular weight excluding hydrogens is 359 g/mol. The van der Waals surface area contributed by atoms with E-state index in [4.69, 9.17) is 0 Å². The van der Waals surface area contributed by atoms with E-state index in [1.165, 1.54) is 0 Å². The first-order valence-electron chi connectivity index (χ1n) is 4.46. The van der Waals surface area contributed by atoms with Crippen LogP contribution in [-0.2, 0) is 0 Å². The van der Waals surface area contributed by atoms with Gasteiger partial charge in [0.25, 0.3) is 5.29 Å². The Kier molecular flexibility index (Phi) is 4.75. The fourth-order valence-electron chi connectivity index (χ4n) is 1.07. The largest absolute Gasteiger partial charge is 0.460 e. The van der Waals surface area contributed by atoms with Gasteiger partial charge in [0.1, 0.15) is 9.52 Å². The minimum atomic E-state index is -7.66. The van der Waals surface area contributed by atoms with Gasteiger partial charge in [-0.15, -0.1) is 0 Å². The first kappa shape index (κ1) is 20.3. The fraction of sp³-hybridized carbons (Fsp3) is 1.00. The number of hydrogen-bond donors (Lipinski definition) is 0. The van der Waals surface area contributed by atoms with E-state index >= 15 is 0 Å². The zero-order valence-electron chi connectivity index (χ0n) is 9.41. The van der Waals surface area contributed by atoms with Gasteiger partial charge in [0, 0.05) is 0 Å². The third-order valence-electron chi connectivity index (χ3n) is 2.31. The first-order valence-corrected chi connectivity index (χ1v) is 5.96. The molecule has 0 rings (SSSR count). The molecule has 0 aromatic carbocycles. The lowest BCUT2D eigenvalue weighted by Gasteiger charge is -2.41. The molecule has 0 fully saturated rings. The summed E-state index contributed by atoms with van der Waals surface area (Å²) in [5.74, 6) is -22.6. The molecule has 0 saturated heterocycles. The Bertz CT molecular complexity index is 379. The van der Waals surface area contributed by atoms with Gasteiger partial charge in [-0.25, -0.2) is 4.39 Å². The SMILES string of the molecule is C[Si]C(F)(C(F)(F)F)C(F)(F)C(F)(F)C(F)(F)C(F)(F)F. The quantitative estimate of drug-likeness (QED) is 0.513. The van der Waals surface area contributed by atoms with E-state index in [-0.39, 0.29) is 6.55 Å². The average Bonchev–Trinajstić information content (AvgIpc) is 2.23. The second-order valence-corrected chi connectivity index (χ2v) is 4.82. The van der Waals surface area contributed by atoms with Crippen LogP contribution in [0.5, 0.6) is 0 Å². The smallest absolute Gasteiger partial charge is 0.232 e. The van der Waals surface area contributed by atoms with Crippen molar-refractivity contribution in [1.29, 1.82) is 0 Å². The van der Waals surface area contributed by atoms with Gasteiger partial charge < -0.3 is 0 Å². The predicted molar refractivity (Wildman–Crippen MR) is 42.4 cm³/mol. The number of alkyl halides is 13. The van der Waals surface area contributed by atoms with Gasteiger partial charge in [-0.2, -0.15) is 52.7 Å². The number of hydrogen-bond acceptors (Lipinski definition) is 0. The molecule has 1 unspecified atom stereocenters. The molecule has 0 aliphatic carbocycles. The van der Waals surface area contributed by atoms with Crippen molar-refractivity contribution in [3.05, 3.63) is 0 Å². The topological polar surface area (TPSA) is 0 Å². The maximum absolute atomic E-state index is 13.2. The normalized spacial score (nSPS) is 18.6. The van der Waals surface area contributed by atoms with Gasteiger partial charge in [0.05, 0.1) is 0 Å². The van der Waals surface area contributed by atoms with E-state index in [0.717, 1.165) is 0 Å². The molecule has 14 heteroatoms. The molecular formula is C7H3F13Si. The average molecular weight is 362 g/mol. The van der Waals surface area contributed by atoms with Crippen molar-refractivity contribution in [1.82, 2.24) is 0 Å². The molecule has 0 spiro atoms. The van der Waals surface area contributed by atoms with Crippen LogP contribution in [0.4, 0.5) is 57.1 Å². The van der Waals surface area contributed by atoms with Crippen molar-refractivity contribution in [3.63, 3.8) is 0 Å². The van der Waals surface area contributed by atoms with Crippen molar-refractivity contribution in [3.8, 4) is 0 Å². The highest BCUT2D eigenvalue weighted by atomic mass is 28.2. The summed E-state index contributed by atoms with van der Waals surface area (Å²) < 4.78 is 161. The second-order valence-electron chi connectivity index (χ2n) is 3.63. The highest BCUT2D eigenvalue weighted by Gasteiger charge is 2.89. The summed E-state index contributed by atoms with van der Waals surface area (Å²) in [4.78, 5) is 0. The summed E-state index contributed by atoms with van der Waals surface area (Å²) in [6.45, 7) is -0.0385. The van der Waals surface area contributed by atoms with Gasteiger partial charge in [-0.05, 0) is 0 Å². The molecule has 0 aliphatic rings. The molecule has 0 nitrogen and oxygen atoms in total. The van der Waals surface area contributed by atoms with Gasteiger partial charge in [0.2, 0.25) is 0 Å².